The Bertz CT molecular complexity index is 2160. The first-order valence-corrected chi connectivity index (χ1v) is 16.9. The summed E-state index contributed by atoms with van der Waals surface area (Å²) in [5.41, 5.74) is 12.4. The lowest BCUT2D eigenvalue weighted by Crippen LogP contribution is -2.44. The van der Waals surface area contributed by atoms with Crippen LogP contribution in [0, 0.1) is 0 Å². The Balaban J connectivity index is 1.53. The van der Waals surface area contributed by atoms with Gasteiger partial charge in [0.15, 0.2) is 0 Å². The molecule has 0 amide bonds. The molecule has 0 aliphatic carbocycles. The average molecular weight is 617 g/mol. The number of fused-ring (bicyclic) bond motifs is 4. The number of nitrogens with zero attached hydrogens (tertiary/aromatic N) is 2. The topological polar surface area (TPSA) is 16.1 Å². The second-order valence-electron chi connectivity index (χ2n) is 13.3. The summed E-state index contributed by atoms with van der Waals surface area (Å²) < 4.78 is 0. The van der Waals surface area contributed by atoms with Crippen molar-refractivity contribution in [2.24, 2.45) is 0 Å². The minimum Gasteiger partial charge on any atom is -0.294 e. The van der Waals surface area contributed by atoms with Crippen LogP contribution in [0.4, 0.5) is 17.2 Å². The first kappa shape index (κ1) is 28.5. The fraction of sp³-hybridized carbons (Fsp3) is 0.109. The van der Waals surface area contributed by atoms with Crippen LogP contribution < -0.4 is 4.90 Å². The van der Waals surface area contributed by atoms with Crippen LogP contribution in [-0.2, 0) is 10.8 Å². The van der Waals surface area contributed by atoms with Crippen LogP contribution in [0.2, 0.25) is 0 Å². The van der Waals surface area contributed by atoms with E-state index in [1.54, 1.807) is 0 Å². The molecule has 9 rings (SSSR count). The number of pyridine rings is 1. The molecule has 0 saturated carbocycles. The van der Waals surface area contributed by atoms with E-state index in [9.17, 15) is 0 Å². The van der Waals surface area contributed by atoms with Crippen molar-refractivity contribution < 1.29 is 0 Å². The van der Waals surface area contributed by atoms with Crippen LogP contribution in [-0.4, -0.2) is 4.98 Å². The number of hydrogen-bond acceptors (Lipinski definition) is 2. The predicted molar refractivity (Wildman–Crippen MR) is 197 cm³/mol. The van der Waals surface area contributed by atoms with E-state index in [0.29, 0.717) is 5.92 Å². The van der Waals surface area contributed by atoms with Gasteiger partial charge in [-0.15, -0.1) is 0 Å². The molecule has 0 fully saturated rings. The Morgan fingerprint density at radius 1 is 0.458 bits per heavy atom. The quantitative estimate of drug-likeness (QED) is 0.191. The summed E-state index contributed by atoms with van der Waals surface area (Å²) in [4.78, 5) is 7.77. The van der Waals surface area contributed by atoms with Crippen molar-refractivity contribution in [2.45, 2.75) is 30.6 Å². The maximum absolute atomic E-state index is 5.28. The van der Waals surface area contributed by atoms with Gasteiger partial charge in [-0.25, -0.2) is 4.98 Å². The van der Waals surface area contributed by atoms with Crippen molar-refractivity contribution in [3.8, 4) is 0 Å². The molecule has 0 unspecified atom stereocenters. The second-order valence-corrected chi connectivity index (χ2v) is 13.3. The zero-order chi connectivity index (χ0) is 32.3. The van der Waals surface area contributed by atoms with E-state index in [1.807, 2.05) is 6.20 Å². The fourth-order valence-corrected chi connectivity index (χ4v) is 8.63. The minimum absolute atomic E-state index is 0.371. The minimum atomic E-state index is -0.597. The molecular weight excluding hydrogens is 581 g/mol. The van der Waals surface area contributed by atoms with Crippen molar-refractivity contribution >= 4 is 17.2 Å². The molecule has 3 heterocycles. The first-order valence-electron chi connectivity index (χ1n) is 16.9. The van der Waals surface area contributed by atoms with Gasteiger partial charge >= 0.3 is 0 Å². The van der Waals surface area contributed by atoms with E-state index in [2.05, 4.69) is 189 Å². The Morgan fingerprint density at radius 3 is 1.40 bits per heavy atom. The number of benzene rings is 6. The van der Waals surface area contributed by atoms with Crippen molar-refractivity contribution in [3.05, 3.63) is 226 Å². The Morgan fingerprint density at radius 2 is 0.917 bits per heavy atom. The van der Waals surface area contributed by atoms with Gasteiger partial charge in [0, 0.05) is 11.8 Å². The molecule has 0 bridgehead atoms. The number of rotatable bonds is 5. The first-order chi connectivity index (χ1) is 23.7. The summed E-state index contributed by atoms with van der Waals surface area (Å²) in [5, 5.41) is 0. The SMILES string of the molecule is CC(C)c1ccc2c(c1)N1c3ncccc3C(c3ccccc3)(c3ccccc3)c3cccc(c31)C2(c1ccccc1)c1ccccc1. The summed E-state index contributed by atoms with van der Waals surface area (Å²) >= 11 is 0. The third-order valence-corrected chi connectivity index (χ3v) is 10.6. The maximum Gasteiger partial charge on any atom is 0.142 e. The predicted octanol–water partition coefficient (Wildman–Crippen LogP) is 11.1. The monoisotopic (exact) mass is 616 g/mol. The van der Waals surface area contributed by atoms with Crippen molar-refractivity contribution in [1.29, 1.82) is 0 Å². The molecule has 1 aromatic heterocycles. The number of hydrogen-bond donors (Lipinski definition) is 0. The van der Waals surface area contributed by atoms with Crippen LogP contribution in [0.3, 0.4) is 0 Å². The van der Waals surface area contributed by atoms with E-state index in [-0.39, 0.29) is 0 Å². The molecule has 6 aromatic carbocycles. The summed E-state index contributed by atoms with van der Waals surface area (Å²) in [6.07, 6.45) is 1.95. The molecule has 0 atom stereocenters. The molecule has 48 heavy (non-hydrogen) atoms. The van der Waals surface area contributed by atoms with Crippen molar-refractivity contribution in [1.82, 2.24) is 4.98 Å². The van der Waals surface area contributed by atoms with Crippen molar-refractivity contribution in [3.63, 3.8) is 0 Å². The highest BCUT2D eigenvalue weighted by Gasteiger charge is 2.54. The number of aromatic nitrogens is 1. The normalized spacial score (nSPS) is 14.9. The van der Waals surface area contributed by atoms with Crippen LogP contribution >= 0.6 is 0 Å². The summed E-state index contributed by atoms with van der Waals surface area (Å²) in [6, 6.07) is 62.8. The van der Waals surface area contributed by atoms with Gasteiger partial charge in [-0.1, -0.05) is 172 Å². The lowest BCUT2D eigenvalue weighted by Gasteiger charge is -2.52. The van der Waals surface area contributed by atoms with Gasteiger partial charge < -0.3 is 0 Å². The highest BCUT2D eigenvalue weighted by molar-refractivity contribution is 5.96. The lowest BCUT2D eigenvalue weighted by atomic mass is 9.57. The Labute approximate surface area is 283 Å². The van der Waals surface area contributed by atoms with Gasteiger partial charge in [0.05, 0.1) is 22.2 Å². The van der Waals surface area contributed by atoms with Gasteiger partial charge in [0.2, 0.25) is 0 Å². The largest absolute Gasteiger partial charge is 0.294 e. The van der Waals surface area contributed by atoms with E-state index >= 15 is 0 Å². The highest BCUT2D eigenvalue weighted by Crippen LogP contribution is 2.65. The highest BCUT2D eigenvalue weighted by atomic mass is 15.2. The smallest absolute Gasteiger partial charge is 0.142 e. The standard InChI is InChI=1S/C46H36N2/c1-32(2)33-28-29-38-42(31-33)48-43-39(45(38,34-17-7-3-8-18-34)35-19-9-4-10-20-35)25-15-26-40(43)46(36-21-11-5-12-22-36,37-23-13-6-14-24-37)41-27-16-30-47-44(41)48/h3-32H,1-2H3. The maximum atomic E-state index is 5.28. The second kappa shape index (κ2) is 10.9. The molecule has 0 spiro atoms. The Hall–Kier alpha value is -5.73. The van der Waals surface area contributed by atoms with E-state index in [4.69, 9.17) is 4.98 Å². The molecule has 2 aliphatic rings. The molecule has 0 radical (unpaired) electrons. The lowest BCUT2D eigenvalue weighted by molar-refractivity contribution is 0.683. The van der Waals surface area contributed by atoms with E-state index in [0.717, 1.165) is 5.82 Å². The van der Waals surface area contributed by atoms with E-state index < -0.39 is 10.8 Å². The van der Waals surface area contributed by atoms with Crippen LogP contribution in [0.1, 0.15) is 69.8 Å². The van der Waals surface area contributed by atoms with Crippen LogP contribution in [0.5, 0.6) is 0 Å². The fourth-order valence-electron chi connectivity index (χ4n) is 8.63. The van der Waals surface area contributed by atoms with E-state index in [1.165, 1.54) is 61.4 Å². The van der Waals surface area contributed by atoms with Gasteiger partial charge in [0.1, 0.15) is 5.82 Å². The number of anilines is 3. The zero-order valence-corrected chi connectivity index (χ0v) is 27.2. The Kier molecular flexibility index (Phi) is 6.48. The van der Waals surface area contributed by atoms with Crippen LogP contribution in [0.25, 0.3) is 0 Å². The van der Waals surface area contributed by atoms with Crippen molar-refractivity contribution in [2.75, 3.05) is 4.90 Å². The summed E-state index contributed by atoms with van der Waals surface area (Å²) in [6.45, 7) is 4.56. The zero-order valence-electron chi connectivity index (χ0n) is 27.2. The third-order valence-electron chi connectivity index (χ3n) is 10.6. The molecule has 2 heteroatoms. The molecule has 0 N–H and O–H groups in total. The van der Waals surface area contributed by atoms with Gasteiger partial charge in [-0.2, -0.15) is 0 Å². The molecule has 2 aliphatic heterocycles. The molecule has 7 aromatic rings. The number of para-hydroxylation sites is 1. The van der Waals surface area contributed by atoms with Gasteiger partial charge in [-0.3, -0.25) is 4.90 Å². The average Bonchev–Trinajstić information content (AvgIpc) is 3.16. The molecule has 2 nitrogen and oxygen atoms in total. The molecule has 0 saturated heterocycles. The molecule has 230 valence electrons. The van der Waals surface area contributed by atoms with Crippen LogP contribution in [0.15, 0.2) is 176 Å². The molecular formula is C46H36N2. The summed E-state index contributed by atoms with van der Waals surface area (Å²) in [5.74, 6) is 1.34. The third kappa shape index (κ3) is 3.77. The van der Waals surface area contributed by atoms with Gasteiger partial charge in [-0.05, 0) is 62.6 Å². The van der Waals surface area contributed by atoms with Gasteiger partial charge in [0.25, 0.3) is 0 Å². The summed E-state index contributed by atoms with van der Waals surface area (Å²) in [7, 11) is 0.